The summed E-state index contributed by atoms with van der Waals surface area (Å²) in [5.41, 5.74) is 3.17. The predicted molar refractivity (Wildman–Crippen MR) is 128 cm³/mol. The van der Waals surface area contributed by atoms with Crippen molar-refractivity contribution >= 4 is 49.9 Å². The summed E-state index contributed by atoms with van der Waals surface area (Å²) in [5.74, 6) is 0.697. The molecular formula is C25H26N4OS. The molecule has 1 amide bonds. The molecule has 0 saturated carbocycles. The molecule has 1 N–H and O–H groups in total. The Bertz CT molecular complexity index is 1280. The number of likely N-dealkylation sites (tertiary alicyclic amines) is 1. The molecule has 1 aliphatic heterocycles. The Morgan fingerprint density at radius 3 is 2.68 bits per heavy atom. The lowest BCUT2D eigenvalue weighted by Gasteiger charge is -2.19. The maximum absolute atomic E-state index is 12.9. The molecule has 158 valence electrons. The number of nitrogens with one attached hydrogen (secondary N) is 1. The number of amides is 1. The van der Waals surface area contributed by atoms with Crippen LogP contribution in [0.5, 0.6) is 0 Å². The zero-order valence-corrected chi connectivity index (χ0v) is 18.9. The van der Waals surface area contributed by atoms with Crippen molar-refractivity contribution in [3.63, 3.8) is 0 Å². The third-order valence-corrected chi connectivity index (χ3v) is 6.92. The van der Waals surface area contributed by atoms with Crippen molar-refractivity contribution in [1.29, 1.82) is 0 Å². The minimum Gasteiger partial charge on any atom is -0.338 e. The summed E-state index contributed by atoms with van der Waals surface area (Å²) in [5, 5.41) is 5.34. The standard InChI is InChI=1S/C25H26N4OS/c1-25(2,3)17-7-6-8-18(13-17)27-24-26-15-16-9-10-20-19(22(16)28-24)14-21(31-20)23(30)29-11-4-5-12-29/h6-10,13-15H,4-5,11-12H2,1-3H3,(H,26,27,28). The molecular weight excluding hydrogens is 404 g/mol. The van der Waals surface area contributed by atoms with Crippen LogP contribution >= 0.6 is 11.3 Å². The second kappa shape index (κ2) is 7.61. The van der Waals surface area contributed by atoms with Crippen molar-refractivity contribution in [2.24, 2.45) is 0 Å². The number of aromatic nitrogens is 2. The van der Waals surface area contributed by atoms with Crippen LogP contribution in [-0.4, -0.2) is 33.9 Å². The number of carbonyl (C=O) groups excluding carboxylic acids is 1. The molecule has 0 unspecified atom stereocenters. The van der Waals surface area contributed by atoms with E-state index in [1.54, 1.807) is 11.3 Å². The van der Waals surface area contributed by atoms with E-state index in [1.807, 2.05) is 29.3 Å². The third-order valence-electron chi connectivity index (χ3n) is 5.84. The molecule has 0 aliphatic carbocycles. The van der Waals surface area contributed by atoms with Crippen LogP contribution in [0, 0.1) is 0 Å². The van der Waals surface area contributed by atoms with Gasteiger partial charge in [0.2, 0.25) is 5.95 Å². The minimum absolute atomic E-state index is 0.0725. The zero-order chi connectivity index (χ0) is 21.6. The number of hydrogen-bond donors (Lipinski definition) is 1. The molecule has 2 aromatic heterocycles. The molecule has 1 fully saturated rings. The number of anilines is 2. The van der Waals surface area contributed by atoms with Crippen LogP contribution in [0.1, 0.15) is 48.8 Å². The van der Waals surface area contributed by atoms with Gasteiger partial charge in [-0.05, 0) is 54.2 Å². The van der Waals surface area contributed by atoms with E-state index in [4.69, 9.17) is 4.98 Å². The number of fused-ring (bicyclic) bond motifs is 3. The van der Waals surface area contributed by atoms with Crippen molar-refractivity contribution in [2.75, 3.05) is 18.4 Å². The Morgan fingerprint density at radius 2 is 1.90 bits per heavy atom. The lowest BCUT2D eigenvalue weighted by atomic mass is 9.87. The van der Waals surface area contributed by atoms with Gasteiger partial charge in [0, 0.05) is 40.4 Å². The fraction of sp³-hybridized carbons (Fsp3) is 0.320. The average Bonchev–Trinajstić information content (AvgIpc) is 3.43. The van der Waals surface area contributed by atoms with Gasteiger partial charge in [0.05, 0.1) is 10.4 Å². The fourth-order valence-electron chi connectivity index (χ4n) is 4.04. The Hall–Kier alpha value is -2.99. The molecule has 6 heteroatoms. The molecule has 3 heterocycles. The van der Waals surface area contributed by atoms with Gasteiger partial charge < -0.3 is 10.2 Å². The molecule has 0 radical (unpaired) electrons. The summed E-state index contributed by atoms with van der Waals surface area (Å²) >= 11 is 1.55. The van der Waals surface area contributed by atoms with Crippen molar-refractivity contribution in [3.05, 3.63) is 59.1 Å². The first kappa shape index (κ1) is 19.9. The van der Waals surface area contributed by atoms with Gasteiger partial charge in [-0.2, -0.15) is 0 Å². The third kappa shape index (κ3) is 3.88. The molecule has 31 heavy (non-hydrogen) atoms. The SMILES string of the molecule is CC(C)(C)c1cccc(Nc2ncc3ccc4sc(C(=O)N5CCCC5)cc4c3n2)c1. The van der Waals surface area contributed by atoms with E-state index in [9.17, 15) is 4.79 Å². The Labute approximate surface area is 186 Å². The van der Waals surface area contributed by atoms with Crippen molar-refractivity contribution in [2.45, 2.75) is 39.0 Å². The quantitative estimate of drug-likeness (QED) is 0.425. The number of carbonyl (C=O) groups is 1. The van der Waals surface area contributed by atoms with Crippen LogP contribution in [0.4, 0.5) is 11.6 Å². The van der Waals surface area contributed by atoms with E-state index in [0.717, 1.165) is 57.5 Å². The van der Waals surface area contributed by atoms with E-state index in [-0.39, 0.29) is 11.3 Å². The van der Waals surface area contributed by atoms with Gasteiger partial charge in [0.25, 0.3) is 5.91 Å². The van der Waals surface area contributed by atoms with Crippen molar-refractivity contribution in [3.8, 4) is 0 Å². The van der Waals surface area contributed by atoms with Gasteiger partial charge in [0.1, 0.15) is 0 Å². The number of nitrogens with zero attached hydrogens (tertiary/aromatic N) is 3. The molecule has 4 aromatic rings. The first-order valence-electron chi connectivity index (χ1n) is 10.7. The Morgan fingerprint density at radius 1 is 1.10 bits per heavy atom. The molecule has 2 aromatic carbocycles. The van der Waals surface area contributed by atoms with Gasteiger partial charge in [-0.3, -0.25) is 4.79 Å². The lowest BCUT2D eigenvalue weighted by molar-refractivity contribution is 0.0797. The van der Waals surface area contributed by atoms with Crippen molar-refractivity contribution < 1.29 is 4.79 Å². The number of benzene rings is 2. The van der Waals surface area contributed by atoms with Gasteiger partial charge in [-0.1, -0.05) is 32.9 Å². The summed E-state index contributed by atoms with van der Waals surface area (Å²) < 4.78 is 1.08. The summed E-state index contributed by atoms with van der Waals surface area (Å²) in [4.78, 5) is 24.9. The first-order chi connectivity index (χ1) is 14.9. The van der Waals surface area contributed by atoms with Crippen LogP contribution in [0.15, 0.2) is 48.7 Å². The number of thiophene rings is 1. The molecule has 0 spiro atoms. The lowest BCUT2D eigenvalue weighted by Crippen LogP contribution is -2.26. The molecule has 0 bridgehead atoms. The highest BCUT2D eigenvalue weighted by Crippen LogP contribution is 2.33. The summed E-state index contributed by atoms with van der Waals surface area (Å²) in [6.45, 7) is 8.32. The maximum Gasteiger partial charge on any atom is 0.263 e. The Kier molecular flexibility index (Phi) is 4.89. The highest BCUT2D eigenvalue weighted by atomic mass is 32.1. The van der Waals surface area contributed by atoms with Crippen LogP contribution in [0.25, 0.3) is 21.0 Å². The van der Waals surface area contributed by atoms with Crippen LogP contribution < -0.4 is 5.32 Å². The van der Waals surface area contributed by atoms with Gasteiger partial charge in [-0.25, -0.2) is 9.97 Å². The second-order valence-corrected chi connectivity index (χ2v) is 10.3. The summed E-state index contributed by atoms with van der Waals surface area (Å²) in [6.07, 6.45) is 4.04. The summed E-state index contributed by atoms with van der Waals surface area (Å²) in [6, 6.07) is 14.5. The maximum atomic E-state index is 12.9. The van der Waals surface area contributed by atoms with E-state index >= 15 is 0 Å². The van der Waals surface area contributed by atoms with E-state index in [2.05, 4.69) is 55.3 Å². The van der Waals surface area contributed by atoms with E-state index in [1.165, 1.54) is 5.56 Å². The first-order valence-corrected chi connectivity index (χ1v) is 11.6. The monoisotopic (exact) mass is 430 g/mol. The topological polar surface area (TPSA) is 58.1 Å². The Balaban J connectivity index is 1.51. The molecule has 1 saturated heterocycles. The predicted octanol–water partition coefficient (Wildman–Crippen LogP) is 6.12. The highest BCUT2D eigenvalue weighted by Gasteiger charge is 2.22. The van der Waals surface area contributed by atoms with E-state index < -0.39 is 0 Å². The van der Waals surface area contributed by atoms with E-state index in [0.29, 0.717) is 5.95 Å². The van der Waals surface area contributed by atoms with Gasteiger partial charge in [0.15, 0.2) is 0 Å². The second-order valence-electron chi connectivity index (χ2n) is 9.17. The van der Waals surface area contributed by atoms with Crippen LogP contribution in [0.3, 0.4) is 0 Å². The zero-order valence-electron chi connectivity index (χ0n) is 18.1. The van der Waals surface area contributed by atoms with Gasteiger partial charge >= 0.3 is 0 Å². The van der Waals surface area contributed by atoms with Crippen molar-refractivity contribution in [1.82, 2.24) is 14.9 Å². The normalized spacial score (nSPS) is 14.5. The average molecular weight is 431 g/mol. The van der Waals surface area contributed by atoms with Gasteiger partial charge in [-0.15, -0.1) is 11.3 Å². The summed E-state index contributed by atoms with van der Waals surface area (Å²) in [7, 11) is 0. The smallest absolute Gasteiger partial charge is 0.263 e. The molecule has 5 rings (SSSR count). The fourth-order valence-corrected chi connectivity index (χ4v) is 5.07. The number of rotatable bonds is 3. The largest absolute Gasteiger partial charge is 0.338 e. The van der Waals surface area contributed by atoms with Crippen LogP contribution in [0.2, 0.25) is 0 Å². The van der Waals surface area contributed by atoms with Crippen LogP contribution in [-0.2, 0) is 5.41 Å². The minimum atomic E-state index is 0.0725. The molecule has 1 aliphatic rings. The molecule has 0 atom stereocenters. The molecule has 5 nitrogen and oxygen atoms in total. The number of hydrogen-bond acceptors (Lipinski definition) is 5. The highest BCUT2D eigenvalue weighted by molar-refractivity contribution is 7.21.